The fourth-order valence-corrected chi connectivity index (χ4v) is 3.90. The van der Waals surface area contributed by atoms with Crippen molar-refractivity contribution in [3.8, 4) is 0 Å². The van der Waals surface area contributed by atoms with Crippen molar-refractivity contribution >= 4 is 17.2 Å². The normalized spacial score (nSPS) is 16.0. The van der Waals surface area contributed by atoms with Gasteiger partial charge in [0.1, 0.15) is 5.82 Å². The second-order valence-electron chi connectivity index (χ2n) is 5.77. The predicted octanol–water partition coefficient (Wildman–Crippen LogP) is 3.92. The molecule has 116 valence electrons. The topological polar surface area (TPSA) is 33.2 Å². The number of rotatable bonds is 2. The molecule has 2 heterocycles. The highest BCUT2D eigenvalue weighted by molar-refractivity contribution is 7.11. The molecule has 3 nitrogen and oxygen atoms in total. The van der Waals surface area contributed by atoms with Crippen LogP contribution in [0, 0.1) is 19.7 Å². The first-order chi connectivity index (χ1) is 10.5. The van der Waals surface area contributed by atoms with Crippen LogP contribution in [0.5, 0.6) is 0 Å². The molecule has 0 saturated carbocycles. The molecule has 0 aliphatic carbocycles. The summed E-state index contributed by atoms with van der Waals surface area (Å²) in [5.74, 6) is -0.00659. The molecule has 0 N–H and O–H groups in total. The second kappa shape index (κ2) is 6.16. The molecule has 1 aliphatic heterocycles. The van der Waals surface area contributed by atoms with E-state index in [4.69, 9.17) is 0 Å². The minimum absolute atomic E-state index is 0.0792. The number of likely N-dealkylation sites (tertiary alicyclic amines) is 1. The van der Waals surface area contributed by atoms with Crippen molar-refractivity contribution in [3.05, 3.63) is 51.2 Å². The quantitative estimate of drug-likeness (QED) is 0.841. The van der Waals surface area contributed by atoms with Gasteiger partial charge in [0.25, 0.3) is 5.91 Å². The van der Waals surface area contributed by atoms with E-state index in [1.54, 1.807) is 23.5 Å². The first-order valence-electron chi connectivity index (χ1n) is 7.53. The van der Waals surface area contributed by atoms with Gasteiger partial charge in [0.05, 0.1) is 10.7 Å². The van der Waals surface area contributed by atoms with Gasteiger partial charge in [0, 0.05) is 29.4 Å². The Bertz CT molecular complexity index is 670. The smallest absolute Gasteiger partial charge is 0.253 e. The molecule has 2 aromatic rings. The van der Waals surface area contributed by atoms with E-state index in [1.165, 1.54) is 22.0 Å². The highest BCUT2D eigenvalue weighted by Crippen LogP contribution is 2.32. The minimum Gasteiger partial charge on any atom is -0.339 e. The lowest BCUT2D eigenvalue weighted by molar-refractivity contribution is 0.0712. The van der Waals surface area contributed by atoms with Gasteiger partial charge in [0.2, 0.25) is 0 Å². The number of nitrogens with zero attached hydrogens (tertiary/aromatic N) is 2. The minimum atomic E-state index is -0.366. The molecule has 1 fully saturated rings. The summed E-state index contributed by atoms with van der Waals surface area (Å²) in [6.07, 6.45) is 1.85. The number of aromatic nitrogens is 1. The zero-order valence-corrected chi connectivity index (χ0v) is 13.6. The van der Waals surface area contributed by atoms with Crippen LogP contribution in [0.1, 0.15) is 44.7 Å². The number of halogens is 1. The van der Waals surface area contributed by atoms with Crippen molar-refractivity contribution in [1.29, 1.82) is 0 Å². The van der Waals surface area contributed by atoms with Crippen LogP contribution in [0.25, 0.3) is 0 Å². The van der Waals surface area contributed by atoms with E-state index in [-0.39, 0.29) is 11.7 Å². The lowest BCUT2D eigenvalue weighted by atomic mass is 9.97. The second-order valence-corrected chi connectivity index (χ2v) is 7.01. The van der Waals surface area contributed by atoms with E-state index in [1.807, 2.05) is 11.8 Å². The van der Waals surface area contributed by atoms with Gasteiger partial charge in [-0.05, 0) is 44.9 Å². The first kappa shape index (κ1) is 15.2. The fraction of sp³-hybridized carbons (Fsp3) is 0.412. The molecular formula is C17H19FN2OS. The Balaban J connectivity index is 1.65. The van der Waals surface area contributed by atoms with Crippen molar-refractivity contribution in [2.75, 3.05) is 13.1 Å². The Labute approximate surface area is 133 Å². The van der Waals surface area contributed by atoms with Crippen molar-refractivity contribution in [2.24, 2.45) is 0 Å². The molecule has 0 atom stereocenters. The number of benzene rings is 1. The highest BCUT2D eigenvalue weighted by Gasteiger charge is 2.26. The standard InChI is InChI=1S/C17H19FN2OS/c1-11-12(2)22-16(19-11)13-6-8-20(9-7-13)17(21)14-4-3-5-15(18)10-14/h3-5,10,13H,6-9H2,1-2H3. The van der Waals surface area contributed by atoms with E-state index < -0.39 is 0 Å². The molecule has 22 heavy (non-hydrogen) atoms. The molecule has 3 rings (SSSR count). The largest absolute Gasteiger partial charge is 0.339 e. The molecule has 0 radical (unpaired) electrons. The third-order valence-electron chi connectivity index (χ3n) is 4.25. The number of amides is 1. The molecule has 1 amide bonds. The van der Waals surface area contributed by atoms with Crippen LogP contribution in [0.3, 0.4) is 0 Å². The lowest BCUT2D eigenvalue weighted by Gasteiger charge is -2.31. The van der Waals surface area contributed by atoms with E-state index in [0.717, 1.165) is 18.5 Å². The van der Waals surface area contributed by atoms with Crippen LogP contribution in [-0.2, 0) is 0 Å². The maximum atomic E-state index is 13.2. The number of hydrogen-bond donors (Lipinski definition) is 0. The highest BCUT2D eigenvalue weighted by atomic mass is 32.1. The summed E-state index contributed by atoms with van der Waals surface area (Å²) in [6, 6.07) is 5.92. The van der Waals surface area contributed by atoms with Crippen LogP contribution in [-0.4, -0.2) is 28.9 Å². The Morgan fingerprint density at radius 2 is 2.05 bits per heavy atom. The lowest BCUT2D eigenvalue weighted by Crippen LogP contribution is -2.37. The number of thiazole rings is 1. The Kier molecular flexibility index (Phi) is 4.25. The summed E-state index contributed by atoms with van der Waals surface area (Å²) in [7, 11) is 0. The van der Waals surface area contributed by atoms with Crippen LogP contribution in [0.15, 0.2) is 24.3 Å². The number of aryl methyl sites for hydroxylation is 2. The zero-order valence-electron chi connectivity index (χ0n) is 12.8. The Morgan fingerprint density at radius 1 is 1.32 bits per heavy atom. The average molecular weight is 318 g/mol. The summed E-state index contributed by atoms with van der Waals surface area (Å²) >= 11 is 1.76. The Hall–Kier alpha value is -1.75. The molecular weight excluding hydrogens is 299 g/mol. The van der Waals surface area contributed by atoms with Crippen molar-refractivity contribution in [2.45, 2.75) is 32.6 Å². The molecule has 0 unspecified atom stereocenters. The first-order valence-corrected chi connectivity index (χ1v) is 8.35. The maximum Gasteiger partial charge on any atom is 0.253 e. The van der Waals surface area contributed by atoms with Crippen molar-refractivity contribution in [1.82, 2.24) is 9.88 Å². The summed E-state index contributed by atoms with van der Waals surface area (Å²) in [5, 5.41) is 1.19. The molecule has 0 bridgehead atoms. The van der Waals surface area contributed by atoms with Crippen LogP contribution in [0.4, 0.5) is 4.39 Å². The van der Waals surface area contributed by atoms with Gasteiger partial charge in [-0.3, -0.25) is 4.79 Å². The molecule has 1 aromatic carbocycles. The SMILES string of the molecule is Cc1nc(C2CCN(C(=O)c3cccc(F)c3)CC2)sc1C. The van der Waals surface area contributed by atoms with Gasteiger partial charge in [-0.15, -0.1) is 11.3 Å². The number of carbonyl (C=O) groups excluding carboxylic acids is 1. The number of piperidine rings is 1. The van der Waals surface area contributed by atoms with E-state index in [0.29, 0.717) is 24.6 Å². The fourth-order valence-electron chi connectivity index (χ4n) is 2.81. The van der Waals surface area contributed by atoms with Crippen LogP contribution >= 0.6 is 11.3 Å². The third-order valence-corrected chi connectivity index (χ3v) is 5.48. The van der Waals surface area contributed by atoms with Gasteiger partial charge >= 0.3 is 0 Å². The van der Waals surface area contributed by atoms with E-state index >= 15 is 0 Å². The van der Waals surface area contributed by atoms with Crippen molar-refractivity contribution < 1.29 is 9.18 Å². The van der Waals surface area contributed by atoms with Gasteiger partial charge < -0.3 is 4.90 Å². The molecule has 1 saturated heterocycles. The van der Waals surface area contributed by atoms with Gasteiger partial charge in [-0.2, -0.15) is 0 Å². The van der Waals surface area contributed by atoms with Gasteiger partial charge in [-0.25, -0.2) is 9.37 Å². The summed E-state index contributed by atoms with van der Waals surface area (Å²) in [4.78, 5) is 20.1. The van der Waals surface area contributed by atoms with E-state index in [9.17, 15) is 9.18 Å². The molecule has 0 spiro atoms. The summed E-state index contributed by atoms with van der Waals surface area (Å²) in [5.41, 5.74) is 1.54. The third kappa shape index (κ3) is 3.04. The van der Waals surface area contributed by atoms with Crippen LogP contribution in [0.2, 0.25) is 0 Å². The summed E-state index contributed by atoms with van der Waals surface area (Å²) < 4.78 is 13.2. The molecule has 1 aliphatic rings. The number of carbonyl (C=O) groups is 1. The zero-order chi connectivity index (χ0) is 15.7. The predicted molar refractivity (Wildman–Crippen MR) is 85.9 cm³/mol. The van der Waals surface area contributed by atoms with Gasteiger partial charge in [0.15, 0.2) is 0 Å². The van der Waals surface area contributed by atoms with Crippen molar-refractivity contribution in [3.63, 3.8) is 0 Å². The van der Waals surface area contributed by atoms with Gasteiger partial charge in [-0.1, -0.05) is 6.07 Å². The monoisotopic (exact) mass is 318 g/mol. The van der Waals surface area contributed by atoms with Crippen LogP contribution < -0.4 is 0 Å². The Morgan fingerprint density at radius 3 is 2.64 bits per heavy atom. The molecule has 1 aromatic heterocycles. The summed E-state index contributed by atoms with van der Waals surface area (Å²) in [6.45, 7) is 5.55. The van der Waals surface area contributed by atoms with E-state index in [2.05, 4.69) is 11.9 Å². The average Bonchev–Trinajstić information content (AvgIpc) is 2.86. The maximum absolute atomic E-state index is 13.2. The molecule has 5 heteroatoms. The number of hydrogen-bond acceptors (Lipinski definition) is 3.